The summed E-state index contributed by atoms with van der Waals surface area (Å²) >= 11 is 0. The van der Waals surface area contributed by atoms with Gasteiger partial charge in [-0.15, -0.1) is 0 Å². The largest absolute Gasteiger partial charge is 0.387 e. The first-order chi connectivity index (χ1) is 8.88. The fraction of sp³-hybridized carbons (Fsp3) is 0.500. The molecule has 0 fully saturated rings. The molecule has 0 amide bonds. The van der Waals surface area contributed by atoms with Crippen molar-refractivity contribution >= 4 is 0 Å². The number of aliphatic hydroxyl groups is 2. The molecule has 2 unspecified atom stereocenters. The van der Waals surface area contributed by atoms with Gasteiger partial charge < -0.3 is 14.9 Å². The predicted octanol–water partition coefficient (Wildman–Crippen LogP) is 2.67. The summed E-state index contributed by atoms with van der Waals surface area (Å²) < 4.78 is 5.74. The molecule has 0 bridgehead atoms. The zero-order chi connectivity index (χ0) is 14.5. The maximum atomic E-state index is 10.2. The lowest BCUT2D eigenvalue weighted by Crippen LogP contribution is -2.47. The molecule has 0 heterocycles. The molecule has 3 nitrogen and oxygen atoms in total. The van der Waals surface area contributed by atoms with Crippen molar-refractivity contribution in [2.24, 2.45) is 0 Å². The predicted molar refractivity (Wildman–Crippen MR) is 76.8 cm³/mol. The van der Waals surface area contributed by atoms with Crippen LogP contribution in [0.15, 0.2) is 42.5 Å². The van der Waals surface area contributed by atoms with E-state index in [-0.39, 0.29) is 0 Å². The first-order valence-corrected chi connectivity index (χ1v) is 6.60. The van der Waals surface area contributed by atoms with Gasteiger partial charge in [-0.3, -0.25) is 0 Å². The van der Waals surface area contributed by atoms with Crippen LogP contribution in [-0.2, 0) is 11.3 Å². The van der Waals surface area contributed by atoms with E-state index in [2.05, 4.69) is 6.58 Å². The second-order valence-electron chi connectivity index (χ2n) is 5.28. The first kappa shape index (κ1) is 15.9. The molecule has 1 rings (SSSR count). The Kier molecular flexibility index (Phi) is 5.73. The van der Waals surface area contributed by atoms with Crippen LogP contribution in [0.2, 0.25) is 0 Å². The molecule has 0 aliphatic heterocycles. The fourth-order valence-electron chi connectivity index (χ4n) is 1.74. The maximum Gasteiger partial charge on any atom is 0.112 e. The number of ether oxygens (including phenoxy) is 1. The van der Waals surface area contributed by atoms with Crippen molar-refractivity contribution in [2.75, 3.05) is 0 Å². The molecule has 1 aromatic carbocycles. The van der Waals surface area contributed by atoms with Gasteiger partial charge in [-0.05, 0) is 31.4 Å². The van der Waals surface area contributed by atoms with Crippen molar-refractivity contribution in [3.8, 4) is 0 Å². The second kappa shape index (κ2) is 6.85. The minimum Gasteiger partial charge on any atom is -0.387 e. The molecule has 0 spiro atoms. The van der Waals surface area contributed by atoms with Crippen molar-refractivity contribution < 1.29 is 14.9 Å². The molecule has 0 aliphatic rings. The highest BCUT2D eigenvalue weighted by Crippen LogP contribution is 2.23. The van der Waals surface area contributed by atoms with Gasteiger partial charge in [0.25, 0.3) is 0 Å². The van der Waals surface area contributed by atoms with Gasteiger partial charge in [-0.1, -0.05) is 43.8 Å². The summed E-state index contributed by atoms with van der Waals surface area (Å²) in [6.07, 6.45) is -1.33. The third kappa shape index (κ3) is 4.46. The van der Waals surface area contributed by atoms with Crippen LogP contribution in [0.3, 0.4) is 0 Å². The smallest absolute Gasteiger partial charge is 0.112 e. The Morgan fingerprint density at radius 1 is 1.26 bits per heavy atom. The van der Waals surface area contributed by atoms with Crippen molar-refractivity contribution in [1.29, 1.82) is 0 Å². The average molecular weight is 264 g/mol. The normalized spacial score (nSPS) is 15.0. The van der Waals surface area contributed by atoms with Gasteiger partial charge in [-0.25, -0.2) is 0 Å². The van der Waals surface area contributed by atoms with Crippen molar-refractivity contribution in [3.05, 3.63) is 48.0 Å². The monoisotopic (exact) mass is 264 g/mol. The molecule has 0 radical (unpaired) electrons. The fourth-order valence-corrected chi connectivity index (χ4v) is 1.74. The topological polar surface area (TPSA) is 49.7 Å². The number of hydrogen-bond acceptors (Lipinski definition) is 3. The summed E-state index contributed by atoms with van der Waals surface area (Å²) in [5, 5.41) is 20.2. The Bertz CT molecular complexity index is 398. The van der Waals surface area contributed by atoms with Gasteiger partial charge in [0.15, 0.2) is 0 Å². The van der Waals surface area contributed by atoms with E-state index in [1.54, 1.807) is 13.8 Å². The van der Waals surface area contributed by atoms with Gasteiger partial charge in [-0.2, -0.15) is 0 Å². The lowest BCUT2D eigenvalue weighted by Gasteiger charge is -2.34. The van der Waals surface area contributed by atoms with E-state index in [4.69, 9.17) is 4.74 Å². The minimum absolute atomic E-state index is 0.399. The van der Waals surface area contributed by atoms with Crippen LogP contribution in [0.25, 0.3) is 0 Å². The van der Waals surface area contributed by atoms with Crippen LogP contribution in [0, 0.1) is 0 Å². The van der Waals surface area contributed by atoms with Crippen molar-refractivity contribution in [3.63, 3.8) is 0 Å². The number of hydrogen-bond donors (Lipinski definition) is 2. The summed E-state index contributed by atoms with van der Waals surface area (Å²) in [5.41, 5.74) is 0.809. The van der Waals surface area contributed by atoms with Gasteiger partial charge in [0.1, 0.15) is 12.2 Å². The quantitative estimate of drug-likeness (QED) is 0.744. The summed E-state index contributed by atoms with van der Waals surface area (Å²) in [6, 6.07) is 9.75. The number of benzene rings is 1. The van der Waals surface area contributed by atoms with Crippen LogP contribution in [0.1, 0.15) is 32.8 Å². The third-order valence-corrected chi connectivity index (χ3v) is 3.34. The molecule has 19 heavy (non-hydrogen) atoms. The second-order valence-corrected chi connectivity index (χ2v) is 5.28. The van der Waals surface area contributed by atoms with Crippen molar-refractivity contribution in [1.82, 2.24) is 0 Å². The molecular weight excluding hydrogens is 240 g/mol. The Morgan fingerprint density at radius 2 is 1.84 bits per heavy atom. The van der Waals surface area contributed by atoms with E-state index >= 15 is 0 Å². The summed E-state index contributed by atoms with van der Waals surface area (Å²) in [6.45, 7) is 9.60. The van der Waals surface area contributed by atoms with Crippen LogP contribution in [-0.4, -0.2) is 28.0 Å². The molecule has 2 N–H and O–H groups in total. The van der Waals surface area contributed by atoms with Gasteiger partial charge >= 0.3 is 0 Å². The Balaban J connectivity index is 2.62. The standard InChI is InChI=1S/C16H24O3/c1-5-12(2)14(17)15(18)16(3,4)19-11-13-9-7-6-8-10-13/h6-10,14-15,17-18H,2,5,11H2,1,3-4H3. The zero-order valence-corrected chi connectivity index (χ0v) is 12.0. The SMILES string of the molecule is C=C(CC)C(O)C(O)C(C)(C)OCc1ccccc1. The van der Waals surface area contributed by atoms with Gasteiger partial charge in [0, 0.05) is 0 Å². The van der Waals surface area contributed by atoms with Crippen LogP contribution < -0.4 is 0 Å². The lowest BCUT2D eigenvalue weighted by atomic mass is 9.91. The molecule has 3 heteroatoms. The Morgan fingerprint density at radius 3 is 2.37 bits per heavy atom. The van der Waals surface area contributed by atoms with Crippen LogP contribution in [0.5, 0.6) is 0 Å². The summed E-state index contributed by atoms with van der Waals surface area (Å²) in [5.74, 6) is 0. The summed E-state index contributed by atoms with van der Waals surface area (Å²) in [7, 11) is 0. The maximum absolute atomic E-state index is 10.2. The van der Waals surface area contributed by atoms with E-state index in [1.165, 1.54) is 0 Å². The molecule has 106 valence electrons. The lowest BCUT2D eigenvalue weighted by molar-refractivity contribution is -0.139. The molecule has 0 aromatic heterocycles. The van der Waals surface area contributed by atoms with E-state index in [1.807, 2.05) is 37.3 Å². The Labute approximate surface area is 115 Å². The molecular formula is C16H24O3. The van der Waals surface area contributed by atoms with E-state index in [9.17, 15) is 10.2 Å². The highest BCUT2D eigenvalue weighted by molar-refractivity contribution is 5.14. The van der Waals surface area contributed by atoms with Gasteiger partial charge in [0.05, 0.1) is 12.2 Å². The van der Waals surface area contributed by atoms with Crippen LogP contribution >= 0.6 is 0 Å². The third-order valence-electron chi connectivity index (χ3n) is 3.34. The average Bonchev–Trinajstić information content (AvgIpc) is 2.43. The molecule has 0 aliphatic carbocycles. The van der Waals surface area contributed by atoms with E-state index < -0.39 is 17.8 Å². The highest BCUT2D eigenvalue weighted by atomic mass is 16.5. The van der Waals surface area contributed by atoms with E-state index in [0.717, 1.165) is 5.56 Å². The van der Waals surface area contributed by atoms with Gasteiger partial charge in [0.2, 0.25) is 0 Å². The summed E-state index contributed by atoms with van der Waals surface area (Å²) in [4.78, 5) is 0. The van der Waals surface area contributed by atoms with Crippen molar-refractivity contribution in [2.45, 2.75) is 51.6 Å². The highest BCUT2D eigenvalue weighted by Gasteiger charge is 2.35. The number of rotatable bonds is 7. The van der Waals surface area contributed by atoms with Crippen LogP contribution in [0.4, 0.5) is 0 Å². The van der Waals surface area contributed by atoms with E-state index in [0.29, 0.717) is 18.6 Å². The molecule has 0 saturated carbocycles. The zero-order valence-electron chi connectivity index (χ0n) is 12.0. The first-order valence-electron chi connectivity index (χ1n) is 6.60. The number of aliphatic hydroxyl groups excluding tert-OH is 2. The molecule has 0 saturated heterocycles. The molecule has 2 atom stereocenters. The molecule has 1 aromatic rings. The Hall–Kier alpha value is -1.16. The minimum atomic E-state index is -0.997.